The first-order valence-corrected chi connectivity index (χ1v) is 7.11. The molecule has 0 saturated carbocycles. The molecule has 0 bridgehead atoms. The molecule has 100 valence electrons. The van der Waals surface area contributed by atoms with Crippen LogP contribution in [0.25, 0.3) is 0 Å². The van der Waals surface area contributed by atoms with Crippen LogP contribution in [0.3, 0.4) is 0 Å². The maximum atomic E-state index is 10.1. The van der Waals surface area contributed by atoms with Gasteiger partial charge in [-0.1, -0.05) is 11.6 Å². The summed E-state index contributed by atoms with van der Waals surface area (Å²) in [6.07, 6.45) is 2.68. The molecule has 0 fully saturated rings. The van der Waals surface area contributed by atoms with Crippen LogP contribution in [0.15, 0.2) is 47.6 Å². The third-order valence-electron chi connectivity index (χ3n) is 2.58. The fraction of sp³-hybridized carbons (Fsp3) is 0.214. The normalized spacial score (nSPS) is 12.2. The number of hydrogen-bond donors (Lipinski definition) is 1. The molecule has 0 amide bonds. The van der Waals surface area contributed by atoms with Gasteiger partial charge in [0, 0.05) is 27.4 Å². The van der Waals surface area contributed by atoms with Crippen LogP contribution < -0.4 is 4.74 Å². The average Bonchev–Trinajstić information content (AvgIpc) is 2.46. The van der Waals surface area contributed by atoms with Crippen LogP contribution in [0.5, 0.6) is 5.75 Å². The number of aliphatic hydroxyl groups is 1. The lowest BCUT2D eigenvalue weighted by Crippen LogP contribution is -2.01. The fourth-order valence-electron chi connectivity index (χ4n) is 1.53. The molecular formula is C14H14ClNO2S. The summed E-state index contributed by atoms with van der Waals surface area (Å²) in [7, 11) is 1.58. The van der Waals surface area contributed by atoms with Gasteiger partial charge in [-0.3, -0.25) is 4.98 Å². The first kappa shape index (κ1) is 14.2. The van der Waals surface area contributed by atoms with Crippen molar-refractivity contribution in [2.45, 2.75) is 11.0 Å². The van der Waals surface area contributed by atoms with E-state index in [0.29, 0.717) is 16.5 Å². The molecule has 2 rings (SSSR count). The topological polar surface area (TPSA) is 42.4 Å². The Morgan fingerprint density at radius 2 is 2.05 bits per heavy atom. The molecule has 1 unspecified atom stereocenters. The Bertz CT molecular complexity index is 533. The van der Waals surface area contributed by atoms with Crippen molar-refractivity contribution in [3.05, 3.63) is 53.3 Å². The number of thioether (sulfide) groups is 1. The van der Waals surface area contributed by atoms with Gasteiger partial charge in [0.25, 0.3) is 0 Å². The van der Waals surface area contributed by atoms with Gasteiger partial charge in [0.2, 0.25) is 0 Å². The van der Waals surface area contributed by atoms with Gasteiger partial charge in [-0.2, -0.15) is 0 Å². The van der Waals surface area contributed by atoms with Gasteiger partial charge >= 0.3 is 0 Å². The Balaban J connectivity index is 1.96. The van der Waals surface area contributed by atoms with Gasteiger partial charge in [0.15, 0.2) is 0 Å². The molecule has 1 heterocycles. The van der Waals surface area contributed by atoms with Crippen molar-refractivity contribution in [1.82, 2.24) is 4.98 Å². The third kappa shape index (κ3) is 4.13. The van der Waals surface area contributed by atoms with E-state index >= 15 is 0 Å². The van der Waals surface area contributed by atoms with Crippen molar-refractivity contribution in [2.24, 2.45) is 0 Å². The maximum absolute atomic E-state index is 10.1. The van der Waals surface area contributed by atoms with E-state index < -0.39 is 6.10 Å². The zero-order chi connectivity index (χ0) is 13.7. The lowest BCUT2D eigenvalue weighted by atomic mass is 10.2. The summed E-state index contributed by atoms with van der Waals surface area (Å²) < 4.78 is 5.09. The largest absolute Gasteiger partial charge is 0.495 e. The number of benzene rings is 1. The number of halogens is 1. The number of rotatable bonds is 5. The van der Waals surface area contributed by atoms with Crippen LogP contribution in [0.4, 0.5) is 0 Å². The molecule has 1 aromatic heterocycles. The highest BCUT2D eigenvalue weighted by atomic mass is 35.5. The second-order valence-electron chi connectivity index (χ2n) is 3.94. The first-order chi connectivity index (χ1) is 9.19. The van der Waals surface area contributed by atoms with E-state index in [-0.39, 0.29) is 0 Å². The number of nitrogens with zero attached hydrogens (tertiary/aromatic N) is 1. The Kier molecular flexibility index (Phi) is 5.07. The highest BCUT2D eigenvalue weighted by Gasteiger charge is 2.09. The van der Waals surface area contributed by atoms with Crippen LogP contribution >= 0.6 is 23.4 Å². The summed E-state index contributed by atoms with van der Waals surface area (Å²) in [6, 6.07) is 9.33. The molecule has 0 spiro atoms. The molecule has 1 atom stereocenters. The van der Waals surface area contributed by atoms with E-state index in [2.05, 4.69) is 4.98 Å². The van der Waals surface area contributed by atoms with Crippen molar-refractivity contribution in [3.63, 3.8) is 0 Å². The number of aliphatic hydroxyl groups excluding tert-OH is 1. The van der Waals surface area contributed by atoms with Crippen molar-refractivity contribution < 1.29 is 9.84 Å². The van der Waals surface area contributed by atoms with Crippen LogP contribution in [-0.2, 0) is 0 Å². The third-order valence-corrected chi connectivity index (χ3v) is 3.92. The molecule has 0 saturated heterocycles. The Morgan fingerprint density at radius 1 is 1.32 bits per heavy atom. The van der Waals surface area contributed by atoms with E-state index in [9.17, 15) is 5.11 Å². The standard InChI is InChI=1S/C14H14ClNO2S/c1-18-12-6-10(7-16-8-12)14(17)9-19-13-4-2-11(15)3-5-13/h2-8,14,17H,9H2,1H3. The van der Waals surface area contributed by atoms with E-state index in [1.807, 2.05) is 24.3 Å². The second kappa shape index (κ2) is 6.80. The lowest BCUT2D eigenvalue weighted by Gasteiger charge is -2.11. The number of pyridine rings is 1. The quantitative estimate of drug-likeness (QED) is 0.856. The Labute approximate surface area is 121 Å². The fourth-order valence-corrected chi connectivity index (χ4v) is 2.53. The molecule has 0 radical (unpaired) electrons. The Morgan fingerprint density at radius 3 is 2.74 bits per heavy atom. The van der Waals surface area contributed by atoms with E-state index in [0.717, 1.165) is 10.5 Å². The first-order valence-electron chi connectivity index (χ1n) is 5.74. The highest BCUT2D eigenvalue weighted by molar-refractivity contribution is 7.99. The van der Waals surface area contributed by atoms with Gasteiger partial charge in [-0.15, -0.1) is 11.8 Å². The van der Waals surface area contributed by atoms with Gasteiger partial charge in [0.1, 0.15) is 5.75 Å². The predicted molar refractivity (Wildman–Crippen MR) is 77.9 cm³/mol. The monoisotopic (exact) mass is 295 g/mol. The smallest absolute Gasteiger partial charge is 0.137 e. The predicted octanol–water partition coefficient (Wildman–Crippen LogP) is 3.57. The van der Waals surface area contributed by atoms with Crippen LogP contribution in [0.2, 0.25) is 5.02 Å². The van der Waals surface area contributed by atoms with Crippen LogP contribution in [0.1, 0.15) is 11.7 Å². The number of ether oxygens (including phenoxy) is 1. The molecule has 1 aromatic carbocycles. The Hall–Kier alpha value is -1.23. The molecular weight excluding hydrogens is 282 g/mol. The molecule has 0 aliphatic rings. The summed E-state index contributed by atoms with van der Waals surface area (Å²) in [5.74, 6) is 1.20. The summed E-state index contributed by atoms with van der Waals surface area (Å²) >= 11 is 7.39. The zero-order valence-electron chi connectivity index (χ0n) is 10.4. The second-order valence-corrected chi connectivity index (χ2v) is 5.47. The van der Waals surface area contributed by atoms with Crippen LogP contribution in [0, 0.1) is 0 Å². The molecule has 1 N–H and O–H groups in total. The van der Waals surface area contributed by atoms with Gasteiger partial charge in [-0.05, 0) is 30.3 Å². The summed E-state index contributed by atoms with van der Waals surface area (Å²) in [5, 5.41) is 10.8. The minimum atomic E-state index is -0.580. The van der Waals surface area contributed by atoms with E-state index in [4.69, 9.17) is 16.3 Å². The maximum Gasteiger partial charge on any atom is 0.137 e. The summed E-state index contributed by atoms with van der Waals surface area (Å²) in [5.41, 5.74) is 0.751. The minimum absolute atomic E-state index is 0.552. The molecule has 3 nitrogen and oxygen atoms in total. The molecule has 0 aliphatic heterocycles. The summed E-state index contributed by atoms with van der Waals surface area (Å²) in [4.78, 5) is 5.10. The van der Waals surface area contributed by atoms with Crippen molar-refractivity contribution in [2.75, 3.05) is 12.9 Å². The van der Waals surface area contributed by atoms with E-state index in [1.165, 1.54) is 0 Å². The molecule has 0 aliphatic carbocycles. The average molecular weight is 296 g/mol. The molecule has 5 heteroatoms. The van der Waals surface area contributed by atoms with Gasteiger partial charge in [-0.25, -0.2) is 0 Å². The SMILES string of the molecule is COc1cncc(C(O)CSc2ccc(Cl)cc2)c1. The summed E-state index contributed by atoms with van der Waals surface area (Å²) in [6.45, 7) is 0. The highest BCUT2D eigenvalue weighted by Crippen LogP contribution is 2.26. The lowest BCUT2D eigenvalue weighted by molar-refractivity contribution is 0.203. The van der Waals surface area contributed by atoms with Crippen molar-refractivity contribution in [1.29, 1.82) is 0 Å². The van der Waals surface area contributed by atoms with Gasteiger partial charge in [0.05, 0.1) is 19.4 Å². The zero-order valence-corrected chi connectivity index (χ0v) is 12.0. The number of aromatic nitrogens is 1. The van der Waals surface area contributed by atoms with Gasteiger partial charge < -0.3 is 9.84 Å². The van der Waals surface area contributed by atoms with Crippen LogP contribution in [-0.4, -0.2) is 23.0 Å². The number of hydrogen-bond acceptors (Lipinski definition) is 4. The van der Waals surface area contributed by atoms with Crippen molar-refractivity contribution in [3.8, 4) is 5.75 Å². The molecule has 19 heavy (non-hydrogen) atoms. The van der Waals surface area contributed by atoms with Crippen molar-refractivity contribution >= 4 is 23.4 Å². The molecule has 2 aromatic rings. The minimum Gasteiger partial charge on any atom is -0.495 e. The van der Waals surface area contributed by atoms with E-state index in [1.54, 1.807) is 37.3 Å². The number of methoxy groups -OCH3 is 1.